The van der Waals surface area contributed by atoms with Crippen molar-refractivity contribution in [3.63, 3.8) is 0 Å². The number of aromatic nitrogens is 1. The molecule has 0 aliphatic rings. The number of nitrogens with zero attached hydrogens (tertiary/aromatic N) is 1. The molecule has 1 heterocycles. The number of hydrogen-bond donors (Lipinski definition) is 0. The number of rotatable bonds is 10. The number of ether oxygens (including phenoxy) is 5. The Hall–Kier alpha value is -3.25. The third-order valence-corrected chi connectivity index (χ3v) is 4.62. The zero-order chi connectivity index (χ0) is 21.3. The molecule has 0 spiro atoms. The summed E-state index contributed by atoms with van der Waals surface area (Å²) in [4.78, 5) is 0. The molecular formula is C24H28ClNO5. The molecule has 31 heavy (non-hydrogen) atoms. The summed E-state index contributed by atoms with van der Waals surface area (Å²) in [5.41, 5.74) is 1.91. The maximum atomic E-state index is 5.96. The van der Waals surface area contributed by atoms with Crippen molar-refractivity contribution in [2.75, 3.05) is 35.0 Å². The number of halogens is 1. The van der Waals surface area contributed by atoms with Crippen LogP contribution in [0.4, 0.5) is 0 Å². The first-order valence-corrected chi connectivity index (χ1v) is 9.58. The summed E-state index contributed by atoms with van der Waals surface area (Å²) in [5, 5.41) is 0. The van der Waals surface area contributed by atoms with Crippen molar-refractivity contribution in [2.45, 2.75) is 6.54 Å². The van der Waals surface area contributed by atoms with E-state index in [1.807, 2.05) is 67.0 Å². The Kier molecular flexibility index (Phi) is 9.15. The molecule has 3 aromatic rings. The van der Waals surface area contributed by atoms with Crippen molar-refractivity contribution < 1.29 is 23.7 Å². The molecule has 0 aliphatic heterocycles. The Morgan fingerprint density at radius 3 is 1.87 bits per heavy atom. The van der Waals surface area contributed by atoms with Crippen molar-refractivity contribution in [1.82, 2.24) is 4.57 Å². The second-order valence-corrected chi connectivity index (χ2v) is 6.47. The first-order chi connectivity index (χ1) is 14.7. The van der Waals surface area contributed by atoms with Gasteiger partial charge >= 0.3 is 0 Å². The van der Waals surface area contributed by atoms with Gasteiger partial charge in [0.05, 0.1) is 35.0 Å². The number of benzene rings is 2. The zero-order valence-electron chi connectivity index (χ0n) is 18.2. The highest BCUT2D eigenvalue weighted by Gasteiger charge is 2.12. The SMILES string of the molecule is COc1ccc(/C=C\c2cc(OC)c(OC)c(OC)c2)cc1OCCn1cccc1.Cl. The van der Waals surface area contributed by atoms with Gasteiger partial charge in [-0.25, -0.2) is 0 Å². The first kappa shape index (κ1) is 24.0. The lowest BCUT2D eigenvalue weighted by Gasteiger charge is -2.13. The predicted molar refractivity (Wildman–Crippen MR) is 125 cm³/mol. The summed E-state index contributed by atoms with van der Waals surface area (Å²) in [6, 6.07) is 13.6. The molecule has 0 saturated heterocycles. The van der Waals surface area contributed by atoms with Gasteiger partial charge < -0.3 is 28.3 Å². The van der Waals surface area contributed by atoms with Gasteiger partial charge in [0.2, 0.25) is 5.75 Å². The molecule has 166 valence electrons. The van der Waals surface area contributed by atoms with Gasteiger partial charge in [0, 0.05) is 12.4 Å². The summed E-state index contributed by atoms with van der Waals surface area (Å²) in [7, 11) is 6.43. The lowest BCUT2D eigenvalue weighted by atomic mass is 10.1. The molecule has 0 aliphatic carbocycles. The quantitative estimate of drug-likeness (QED) is 0.402. The molecule has 0 atom stereocenters. The van der Waals surface area contributed by atoms with E-state index < -0.39 is 0 Å². The van der Waals surface area contributed by atoms with Crippen LogP contribution in [0.1, 0.15) is 11.1 Å². The maximum Gasteiger partial charge on any atom is 0.203 e. The molecule has 0 radical (unpaired) electrons. The van der Waals surface area contributed by atoms with Crippen molar-refractivity contribution >= 4 is 24.6 Å². The molecule has 7 heteroatoms. The largest absolute Gasteiger partial charge is 0.493 e. The second kappa shape index (κ2) is 11.8. The van der Waals surface area contributed by atoms with Crippen LogP contribution in [-0.2, 0) is 6.54 Å². The average Bonchev–Trinajstić information content (AvgIpc) is 3.30. The highest BCUT2D eigenvalue weighted by molar-refractivity contribution is 5.85. The highest BCUT2D eigenvalue weighted by atomic mass is 35.5. The first-order valence-electron chi connectivity index (χ1n) is 9.58. The van der Waals surface area contributed by atoms with Crippen LogP contribution >= 0.6 is 12.4 Å². The Morgan fingerprint density at radius 1 is 0.710 bits per heavy atom. The van der Waals surface area contributed by atoms with Gasteiger partial charge in [-0.2, -0.15) is 0 Å². The minimum absolute atomic E-state index is 0. The van der Waals surface area contributed by atoms with Gasteiger partial charge in [-0.1, -0.05) is 18.2 Å². The second-order valence-electron chi connectivity index (χ2n) is 6.47. The number of methoxy groups -OCH3 is 4. The molecule has 1 aromatic heterocycles. The van der Waals surface area contributed by atoms with E-state index in [0.29, 0.717) is 35.4 Å². The van der Waals surface area contributed by atoms with Gasteiger partial charge in [-0.3, -0.25) is 0 Å². The topological polar surface area (TPSA) is 51.1 Å². The van der Waals surface area contributed by atoms with Crippen LogP contribution in [0, 0.1) is 0 Å². The molecule has 0 fully saturated rings. The molecule has 0 saturated carbocycles. The minimum Gasteiger partial charge on any atom is -0.493 e. The van der Waals surface area contributed by atoms with E-state index in [1.165, 1.54) is 0 Å². The van der Waals surface area contributed by atoms with Crippen LogP contribution in [0.2, 0.25) is 0 Å². The zero-order valence-corrected chi connectivity index (χ0v) is 19.0. The van der Waals surface area contributed by atoms with Crippen LogP contribution in [0.15, 0.2) is 54.9 Å². The lowest BCUT2D eigenvalue weighted by Crippen LogP contribution is -2.07. The van der Waals surface area contributed by atoms with Crippen LogP contribution in [0.5, 0.6) is 28.7 Å². The molecular weight excluding hydrogens is 418 g/mol. The normalized spacial score (nSPS) is 10.5. The van der Waals surface area contributed by atoms with Gasteiger partial charge in [-0.05, 0) is 47.5 Å². The smallest absolute Gasteiger partial charge is 0.203 e. The Labute approximate surface area is 189 Å². The minimum atomic E-state index is 0. The van der Waals surface area contributed by atoms with E-state index in [-0.39, 0.29) is 12.4 Å². The highest BCUT2D eigenvalue weighted by Crippen LogP contribution is 2.38. The fraction of sp³-hybridized carbons (Fsp3) is 0.250. The predicted octanol–water partition coefficient (Wildman–Crippen LogP) is 5.19. The van der Waals surface area contributed by atoms with E-state index in [1.54, 1.807) is 28.4 Å². The third-order valence-electron chi connectivity index (χ3n) is 4.62. The van der Waals surface area contributed by atoms with E-state index >= 15 is 0 Å². The van der Waals surface area contributed by atoms with Crippen molar-refractivity contribution in [1.29, 1.82) is 0 Å². The summed E-state index contributed by atoms with van der Waals surface area (Å²) < 4.78 is 29.7. The van der Waals surface area contributed by atoms with Gasteiger partial charge in [0.15, 0.2) is 23.0 Å². The van der Waals surface area contributed by atoms with Crippen molar-refractivity contribution in [3.8, 4) is 28.7 Å². The monoisotopic (exact) mass is 445 g/mol. The van der Waals surface area contributed by atoms with Crippen LogP contribution in [0.3, 0.4) is 0 Å². The van der Waals surface area contributed by atoms with Crippen LogP contribution in [0.25, 0.3) is 12.2 Å². The lowest BCUT2D eigenvalue weighted by molar-refractivity contribution is 0.280. The summed E-state index contributed by atoms with van der Waals surface area (Å²) in [5.74, 6) is 3.20. The van der Waals surface area contributed by atoms with Crippen molar-refractivity contribution in [3.05, 3.63) is 66.0 Å². The standard InChI is InChI=1S/C24H27NO5.ClH/c1-26-20-10-9-18(15-21(20)30-14-13-25-11-5-6-12-25)7-8-19-16-22(27-2)24(29-4)23(17-19)28-3;/h5-12,15-17H,13-14H2,1-4H3;1H/b8-7-;. The number of hydrogen-bond acceptors (Lipinski definition) is 5. The molecule has 0 amide bonds. The molecule has 6 nitrogen and oxygen atoms in total. The fourth-order valence-electron chi connectivity index (χ4n) is 3.08. The Balaban J connectivity index is 0.00000341. The van der Waals surface area contributed by atoms with E-state index in [0.717, 1.165) is 17.7 Å². The summed E-state index contributed by atoms with van der Waals surface area (Å²) in [6.45, 7) is 1.31. The van der Waals surface area contributed by atoms with E-state index in [2.05, 4.69) is 4.57 Å². The van der Waals surface area contributed by atoms with Crippen LogP contribution in [-0.4, -0.2) is 39.6 Å². The van der Waals surface area contributed by atoms with Gasteiger partial charge in [0.1, 0.15) is 6.61 Å². The molecule has 2 aromatic carbocycles. The van der Waals surface area contributed by atoms with Gasteiger partial charge in [0.25, 0.3) is 0 Å². The maximum absolute atomic E-state index is 5.96. The van der Waals surface area contributed by atoms with Gasteiger partial charge in [-0.15, -0.1) is 12.4 Å². The fourth-order valence-corrected chi connectivity index (χ4v) is 3.08. The third kappa shape index (κ3) is 6.12. The molecule has 3 rings (SSSR count). The van der Waals surface area contributed by atoms with E-state index in [4.69, 9.17) is 23.7 Å². The Bertz CT molecular complexity index is 961. The molecule has 0 N–H and O–H groups in total. The van der Waals surface area contributed by atoms with Crippen molar-refractivity contribution in [2.24, 2.45) is 0 Å². The van der Waals surface area contributed by atoms with Crippen LogP contribution < -0.4 is 23.7 Å². The average molecular weight is 446 g/mol. The summed E-state index contributed by atoms with van der Waals surface area (Å²) in [6.07, 6.45) is 8.00. The molecule has 0 bridgehead atoms. The Morgan fingerprint density at radius 2 is 1.29 bits per heavy atom. The molecule has 0 unspecified atom stereocenters. The summed E-state index contributed by atoms with van der Waals surface area (Å²) >= 11 is 0. The van der Waals surface area contributed by atoms with E-state index in [9.17, 15) is 0 Å².